The Labute approximate surface area is 104 Å². The van der Waals surface area contributed by atoms with E-state index in [1.54, 1.807) is 0 Å². The number of rotatable bonds is 1. The highest BCUT2D eigenvalue weighted by Gasteiger charge is 2.16. The zero-order chi connectivity index (χ0) is 11.9. The monoisotopic (exact) mass is 236 g/mol. The summed E-state index contributed by atoms with van der Waals surface area (Å²) in [5.41, 5.74) is 5.32. The van der Waals surface area contributed by atoms with Crippen molar-refractivity contribution in [2.75, 3.05) is 0 Å². The molecule has 0 atom stereocenters. The van der Waals surface area contributed by atoms with Crippen LogP contribution < -0.4 is 0 Å². The van der Waals surface area contributed by atoms with Crippen LogP contribution in [-0.2, 0) is 12.8 Å². The molecule has 2 aromatic heterocycles. The van der Waals surface area contributed by atoms with Crippen LogP contribution in [0.1, 0.15) is 17.7 Å². The fourth-order valence-electron chi connectivity index (χ4n) is 2.57. The molecule has 0 bridgehead atoms. The van der Waals surface area contributed by atoms with E-state index in [1.807, 2.05) is 35.0 Å². The van der Waals surface area contributed by atoms with Gasteiger partial charge in [0.05, 0.1) is 5.69 Å². The standard InChI is InChI=1S/C14H12N4/c1-2-6-11(7-3-1)18-13-9-10-5-4-8-12(10)15-14(13)16-17-18/h1-3,6-7,9H,4-5,8H2. The van der Waals surface area contributed by atoms with E-state index in [0.29, 0.717) is 0 Å². The lowest BCUT2D eigenvalue weighted by Crippen LogP contribution is -1.97. The molecular formula is C14H12N4. The van der Waals surface area contributed by atoms with Crippen LogP contribution in [0.4, 0.5) is 0 Å². The molecule has 18 heavy (non-hydrogen) atoms. The Morgan fingerprint density at radius 1 is 1.06 bits per heavy atom. The second kappa shape index (κ2) is 3.63. The summed E-state index contributed by atoms with van der Waals surface area (Å²) in [6.45, 7) is 0. The Kier molecular flexibility index (Phi) is 1.97. The first-order chi connectivity index (χ1) is 8.92. The van der Waals surface area contributed by atoms with Crippen LogP contribution in [0.2, 0.25) is 0 Å². The maximum Gasteiger partial charge on any atom is 0.202 e. The molecule has 1 aliphatic carbocycles. The van der Waals surface area contributed by atoms with Gasteiger partial charge >= 0.3 is 0 Å². The molecular weight excluding hydrogens is 224 g/mol. The van der Waals surface area contributed by atoms with Crippen LogP contribution in [0.15, 0.2) is 36.4 Å². The van der Waals surface area contributed by atoms with Gasteiger partial charge in [0.25, 0.3) is 0 Å². The van der Waals surface area contributed by atoms with Crippen molar-refractivity contribution in [3.05, 3.63) is 47.7 Å². The minimum Gasteiger partial charge on any atom is -0.230 e. The van der Waals surface area contributed by atoms with Gasteiger partial charge in [-0.2, -0.15) is 0 Å². The first kappa shape index (κ1) is 9.76. The second-order valence-electron chi connectivity index (χ2n) is 4.63. The number of nitrogens with zero attached hydrogens (tertiary/aromatic N) is 4. The van der Waals surface area contributed by atoms with E-state index in [1.165, 1.54) is 17.7 Å². The molecule has 0 fully saturated rings. The number of hydrogen-bond acceptors (Lipinski definition) is 3. The Hall–Kier alpha value is -2.23. The second-order valence-corrected chi connectivity index (χ2v) is 4.63. The van der Waals surface area contributed by atoms with E-state index in [2.05, 4.69) is 21.4 Å². The van der Waals surface area contributed by atoms with Crippen LogP contribution in [-0.4, -0.2) is 20.0 Å². The van der Waals surface area contributed by atoms with E-state index >= 15 is 0 Å². The Balaban J connectivity index is 1.98. The minimum atomic E-state index is 0.750. The fraction of sp³-hybridized carbons (Fsp3) is 0.214. The van der Waals surface area contributed by atoms with Crippen molar-refractivity contribution in [3.63, 3.8) is 0 Å². The van der Waals surface area contributed by atoms with Crippen molar-refractivity contribution in [2.45, 2.75) is 19.3 Å². The Morgan fingerprint density at radius 2 is 1.94 bits per heavy atom. The zero-order valence-electron chi connectivity index (χ0n) is 9.87. The maximum atomic E-state index is 4.61. The molecule has 0 unspecified atom stereocenters. The minimum absolute atomic E-state index is 0.750. The third-order valence-corrected chi connectivity index (χ3v) is 3.47. The summed E-state index contributed by atoms with van der Waals surface area (Å²) < 4.78 is 1.86. The lowest BCUT2D eigenvalue weighted by Gasteiger charge is -2.02. The van der Waals surface area contributed by atoms with Gasteiger partial charge in [-0.05, 0) is 43.0 Å². The molecule has 88 valence electrons. The van der Waals surface area contributed by atoms with E-state index in [4.69, 9.17) is 0 Å². The van der Waals surface area contributed by atoms with Crippen LogP contribution in [0, 0.1) is 0 Å². The summed E-state index contributed by atoms with van der Waals surface area (Å²) in [6, 6.07) is 12.3. The van der Waals surface area contributed by atoms with E-state index in [0.717, 1.165) is 29.7 Å². The van der Waals surface area contributed by atoms with Crippen molar-refractivity contribution < 1.29 is 0 Å². The zero-order valence-corrected chi connectivity index (χ0v) is 9.87. The number of aromatic nitrogens is 4. The highest BCUT2D eigenvalue weighted by molar-refractivity contribution is 5.73. The summed E-state index contributed by atoms with van der Waals surface area (Å²) in [4.78, 5) is 4.61. The van der Waals surface area contributed by atoms with E-state index in [9.17, 15) is 0 Å². The lowest BCUT2D eigenvalue weighted by molar-refractivity contribution is 0.821. The molecule has 0 N–H and O–H groups in total. The number of benzene rings is 1. The predicted molar refractivity (Wildman–Crippen MR) is 68.7 cm³/mol. The molecule has 4 nitrogen and oxygen atoms in total. The van der Waals surface area contributed by atoms with E-state index < -0.39 is 0 Å². The van der Waals surface area contributed by atoms with Crippen molar-refractivity contribution in [2.24, 2.45) is 0 Å². The first-order valence-corrected chi connectivity index (χ1v) is 6.21. The van der Waals surface area contributed by atoms with Crippen LogP contribution in [0.25, 0.3) is 16.9 Å². The molecule has 1 aliphatic rings. The quantitative estimate of drug-likeness (QED) is 0.651. The van der Waals surface area contributed by atoms with Gasteiger partial charge in [0.2, 0.25) is 5.65 Å². The Morgan fingerprint density at radius 3 is 2.83 bits per heavy atom. The number of pyridine rings is 1. The molecule has 3 aromatic rings. The van der Waals surface area contributed by atoms with Crippen molar-refractivity contribution >= 4 is 11.2 Å². The molecule has 0 saturated carbocycles. The summed E-state index contributed by atoms with van der Waals surface area (Å²) in [5.74, 6) is 0. The summed E-state index contributed by atoms with van der Waals surface area (Å²) in [5, 5.41) is 8.38. The third-order valence-electron chi connectivity index (χ3n) is 3.47. The number of para-hydroxylation sites is 1. The molecule has 2 heterocycles. The molecule has 0 radical (unpaired) electrons. The molecule has 4 heteroatoms. The van der Waals surface area contributed by atoms with Gasteiger partial charge in [0, 0.05) is 5.69 Å². The van der Waals surface area contributed by atoms with Gasteiger partial charge in [0.15, 0.2) is 0 Å². The predicted octanol–water partition coefficient (Wildman–Crippen LogP) is 2.30. The largest absolute Gasteiger partial charge is 0.230 e. The highest BCUT2D eigenvalue weighted by Crippen LogP contribution is 2.24. The van der Waals surface area contributed by atoms with Crippen molar-refractivity contribution in [1.82, 2.24) is 20.0 Å². The topological polar surface area (TPSA) is 43.6 Å². The molecule has 0 saturated heterocycles. The molecule has 0 aliphatic heterocycles. The van der Waals surface area contributed by atoms with Gasteiger partial charge in [-0.3, -0.25) is 0 Å². The lowest BCUT2D eigenvalue weighted by atomic mass is 10.2. The summed E-state index contributed by atoms with van der Waals surface area (Å²) in [6.07, 6.45) is 3.40. The van der Waals surface area contributed by atoms with Gasteiger partial charge in [-0.25, -0.2) is 9.67 Å². The van der Waals surface area contributed by atoms with Gasteiger partial charge in [-0.15, -0.1) is 5.10 Å². The van der Waals surface area contributed by atoms with Crippen LogP contribution >= 0.6 is 0 Å². The fourth-order valence-corrected chi connectivity index (χ4v) is 2.57. The van der Waals surface area contributed by atoms with Crippen molar-refractivity contribution in [1.29, 1.82) is 0 Å². The van der Waals surface area contributed by atoms with Crippen molar-refractivity contribution in [3.8, 4) is 5.69 Å². The summed E-state index contributed by atoms with van der Waals surface area (Å²) in [7, 11) is 0. The highest BCUT2D eigenvalue weighted by atomic mass is 15.4. The molecule has 0 amide bonds. The summed E-state index contributed by atoms with van der Waals surface area (Å²) >= 11 is 0. The molecule has 1 aromatic carbocycles. The Bertz CT molecular complexity index is 715. The normalized spacial score (nSPS) is 14.0. The van der Waals surface area contributed by atoms with Gasteiger partial charge in [0.1, 0.15) is 5.52 Å². The molecule has 0 spiro atoms. The van der Waals surface area contributed by atoms with Crippen LogP contribution in [0.5, 0.6) is 0 Å². The maximum absolute atomic E-state index is 4.61. The first-order valence-electron chi connectivity index (χ1n) is 6.21. The average Bonchev–Trinajstić information content (AvgIpc) is 3.02. The molecule has 4 rings (SSSR count). The third kappa shape index (κ3) is 1.35. The van der Waals surface area contributed by atoms with Gasteiger partial charge < -0.3 is 0 Å². The average molecular weight is 236 g/mol. The number of hydrogen-bond donors (Lipinski definition) is 0. The van der Waals surface area contributed by atoms with Gasteiger partial charge in [-0.1, -0.05) is 23.4 Å². The SMILES string of the molecule is c1ccc(-n2nnc3nc4c(cc32)CCC4)cc1. The number of fused-ring (bicyclic) bond motifs is 2. The number of aryl methyl sites for hydroxylation is 2. The van der Waals surface area contributed by atoms with Crippen LogP contribution in [0.3, 0.4) is 0 Å². The van der Waals surface area contributed by atoms with E-state index in [-0.39, 0.29) is 0 Å². The smallest absolute Gasteiger partial charge is 0.202 e.